The first kappa shape index (κ1) is 13.8. The van der Waals surface area contributed by atoms with Crippen LogP contribution in [0.2, 0.25) is 0 Å². The molecule has 1 aromatic carbocycles. The molecule has 3 rings (SSSR count). The Morgan fingerprint density at radius 2 is 2.10 bits per heavy atom. The van der Waals surface area contributed by atoms with Crippen molar-refractivity contribution < 1.29 is 0 Å². The molecular formula is C15H13BrN4O. The Kier molecular flexibility index (Phi) is 3.47. The van der Waals surface area contributed by atoms with E-state index >= 15 is 0 Å². The highest BCUT2D eigenvalue weighted by Gasteiger charge is 2.09. The second-order valence-corrected chi connectivity index (χ2v) is 5.76. The minimum Gasteiger partial charge on any atom is -0.306 e. The van der Waals surface area contributed by atoms with Crippen LogP contribution in [0.5, 0.6) is 0 Å². The Hall–Kier alpha value is -2.21. The fourth-order valence-corrected chi connectivity index (χ4v) is 2.65. The summed E-state index contributed by atoms with van der Waals surface area (Å²) in [7, 11) is 1.83. The van der Waals surface area contributed by atoms with Crippen LogP contribution < -0.4 is 5.56 Å². The molecule has 0 aliphatic rings. The molecule has 0 saturated carbocycles. The summed E-state index contributed by atoms with van der Waals surface area (Å²) in [5.74, 6) is 0.561. The minimum atomic E-state index is -0.179. The molecule has 0 saturated heterocycles. The van der Waals surface area contributed by atoms with Gasteiger partial charge in [0, 0.05) is 34.9 Å². The lowest BCUT2D eigenvalue weighted by Gasteiger charge is -2.07. The number of aryl methyl sites for hydroxylation is 2. The van der Waals surface area contributed by atoms with Crippen LogP contribution in [0.4, 0.5) is 0 Å². The zero-order chi connectivity index (χ0) is 15.0. The number of hydrogen-bond donors (Lipinski definition) is 1. The van der Waals surface area contributed by atoms with Gasteiger partial charge in [0.25, 0.3) is 5.56 Å². The van der Waals surface area contributed by atoms with E-state index in [4.69, 9.17) is 0 Å². The molecule has 0 bridgehead atoms. The summed E-state index contributed by atoms with van der Waals surface area (Å²) in [5.41, 5.74) is 3.20. The third kappa shape index (κ3) is 2.80. The zero-order valence-electron chi connectivity index (χ0n) is 11.6. The predicted octanol–water partition coefficient (Wildman–Crippen LogP) is 2.91. The summed E-state index contributed by atoms with van der Waals surface area (Å²) >= 11 is 3.43. The van der Waals surface area contributed by atoms with Gasteiger partial charge in [0.2, 0.25) is 0 Å². The van der Waals surface area contributed by atoms with E-state index < -0.39 is 0 Å². The average Bonchev–Trinajstić information content (AvgIpc) is 2.84. The highest BCUT2D eigenvalue weighted by molar-refractivity contribution is 9.10. The molecule has 1 N–H and O–H groups in total. The fraction of sp³-hybridized carbons (Fsp3) is 0.133. The number of aromatic amines is 1. The average molecular weight is 345 g/mol. The van der Waals surface area contributed by atoms with Crippen molar-refractivity contribution in [2.24, 2.45) is 7.05 Å². The molecule has 0 unspecified atom stereocenters. The Labute approximate surface area is 129 Å². The summed E-state index contributed by atoms with van der Waals surface area (Å²) in [6.45, 7) is 1.98. The summed E-state index contributed by atoms with van der Waals surface area (Å²) in [5, 5.41) is 4.11. The van der Waals surface area contributed by atoms with Crippen molar-refractivity contribution in [1.82, 2.24) is 19.7 Å². The van der Waals surface area contributed by atoms with Crippen LogP contribution in [-0.2, 0) is 7.05 Å². The first-order valence-electron chi connectivity index (χ1n) is 6.40. The van der Waals surface area contributed by atoms with Gasteiger partial charge in [0.15, 0.2) is 0 Å². The van der Waals surface area contributed by atoms with Crippen molar-refractivity contribution in [3.8, 4) is 22.6 Å². The quantitative estimate of drug-likeness (QED) is 0.777. The molecule has 0 fully saturated rings. The van der Waals surface area contributed by atoms with Crippen LogP contribution in [0.15, 0.2) is 45.9 Å². The van der Waals surface area contributed by atoms with Crippen molar-refractivity contribution in [2.45, 2.75) is 6.92 Å². The topological polar surface area (TPSA) is 63.6 Å². The molecule has 2 aromatic heterocycles. The Bertz CT molecular complexity index is 866. The van der Waals surface area contributed by atoms with Crippen LogP contribution in [0, 0.1) is 6.92 Å². The predicted molar refractivity (Wildman–Crippen MR) is 84.9 cm³/mol. The number of nitrogens with zero attached hydrogens (tertiary/aromatic N) is 3. The summed E-state index contributed by atoms with van der Waals surface area (Å²) in [6, 6.07) is 7.34. The monoisotopic (exact) mass is 344 g/mol. The van der Waals surface area contributed by atoms with Gasteiger partial charge in [-0.3, -0.25) is 9.48 Å². The minimum absolute atomic E-state index is 0.179. The number of H-pyrrole nitrogens is 1. The molecule has 0 radical (unpaired) electrons. The van der Waals surface area contributed by atoms with Crippen molar-refractivity contribution in [3.63, 3.8) is 0 Å². The van der Waals surface area contributed by atoms with Gasteiger partial charge in [-0.2, -0.15) is 5.10 Å². The van der Waals surface area contributed by atoms with E-state index in [1.54, 1.807) is 10.9 Å². The van der Waals surface area contributed by atoms with Crippen molar-refractivity contribution in [3.05, 3.63) is 57.0 Å². The summed E-state index contributed by atoms with van der Waals surface area (Å²) in [4.78, 5) is 19.3. The molecule has 0 aliphatic carbocycles. The number of hydrogen-bond acceptors (Lipinski definition) is 3. The normalized spacial score (nSPS) is 10.8. The lowest BCUT2D eigenvalue weighted by molar-refractivity contribution is 0.768. The SMILES string of the molecule is Cc1cc(Br)ccc1-c1nc(-c2cnn(C)c2)cc(=O)[nH]1. The molecule has 0 aliphatic heterocycles. The Morgan fingerprint density at radius 1 is 1.29 bits per heavy atom. The maximum absolute atomic E-state index is 11.9. The maximum atomic E-state index is 11.9. The van der Waals surface area contributed by atoms with E-state index in [1.807, 2.05) is 38.4 Å². The third-order valence-electron chi connectivity index (χ3n) is 3.19. The lowest BCUT2D eigenvalue weighted by Crippen LogP contribution is -2.09. The van der Waals surface area contributed by atoms with Crippen LogP contribution in [0.3, 0.4) is 0 Å². The largest absolute Gasteiger partial charge is 0.306 e. The molecule has 5 nitrogen and oxygen atoms in total. The van der Waals surface area contributed by atoms with Gasteiger partial charge in [-0.05, 0) is 30.7 Å². The first-order chi connectivity index (χ1) is 10.0. The highest BCUT2D eigenvalue weighted by atomic mass is 79.9. The van der Waals surface area contributed by atoms with E-state index in [-0.39, 0.29) is 5.56 Å². The van der Waals surface area contributed by atoms with Crippen molar-refractivity contribution in [1.29, 1.82) is 0 Å². The number of benzene rings is 1. The maximum Gasteiger partial charge on any atom is 0.251 e. The summed E-state index contributed by atoms with van der Waals surface area (Å²) in [6.07, 6.45) is 3.53. The Morgan fingerprint density at radius 3 is 2.76 bits per heavy atom. The van der Waals surface area contributed by atoms with E-state index in [1.165, 1.54) is 6.07 Å². The number of nitrogens with one attached hydrogen (secondary N) is 1. The molecule has 3 aromatic rings. The van der Waals surface area contributed by atoms with Gasteiger partial charge >= 0.3 is 0 Å². The van der Waals surface area contributed by atoms with Gasteiger partial charge < -0.3 is 4.98 Å². The van der Waals surface area contributed by atoms with Crippen LogP contribution in [0.25, 0.3) is 22.6 Å². The van der Waals surface area contributed by atoms with Crippen LogP contribution in [-0.4, -0.2) is 19.7 Å². The van der Waals surface area contributed by atoms with Gasteiger partial charge in [-0.25, -0.2) is 4.98 Å². The molecule has 106 valence electrons. The first-order valence-corrected chi connectivity index (χ1v) is 7.19. The van der Waals surface area contributed by atoms with Gasteiger partial charge in [-0.1, -0.05) is 15.9 Å². The number of rotatable bonds is 2. The smallest absolute Gasteiger partial charge is 0.251 e. The van der Waals surface area contributed by atoms with Crippen molar-refractivity contribution >= 4 is 15.9 Å². The second-order valence-electron chi connectivity index (χ2n) is 4.84. The van der Waals surface area contributed by atoms with Gasteiger partial charge in [0.1, 0.15) is 5.82 Å². The highest BCUT2D eigenvalue weighted by Crippen LogP contribution is 2.24. The second kappa shape index (κ2) is 5.29. The standard InChI is InChI=1S/C15H13BrN4O/c1-9-5-11(16)3-4-12(9)15-18-13(6-14(21)19-15)10-7-17-20(2)8-10/h3-8H,1-2H3,(H,18,19,21). The van der Waals surface area contributed by atoms with E-state index in [2.05, 4.69) is 31.0 Å². The van der Waals surface area contributed by atoms with Crippen LogP contribution >= 0.6 is 15.9 Å². The molecule has 0 atom stereocenters. The number of aromatic nitrogens is 4. The van der Waals surface area contributed by atoms with E-state index in [0.29, 0.717) is 11.5 Å². The molecule has 6 heteroatoms. The van der Waals surface area contributed by atoms with Crippen LogP contribution in [0.1, 0.15) is 5.56 Å². The Balaban J connectivity index is 2.16. The van der Waals surface area contributed by atoms with E-state index in [9.17, 15) is 4.79 Å². The number of halogens is 1. The van der Waals surface area contributed by atoms with Gasteiger partial charge in [0.05, 0.1) is 11.9 Å². The fourth-order valence-electron chi connectivity index (χ4n) is 2.18. The molecule has 21 heavy (non-hydrogen) atoms. The lowest BCUT2D eigenvalue weighted by atomic mass is 10.1. The molecule has 0 spiro atoms. The third-order valence-corrected chi connectivity index (χ3v) is 3.68. The molecular weight excluding hydrogens is 332 g/mol. The zero-order valence-corrected chi connectivity index (χ0v) is 13.2. The van der Waals surface area contributed by atoms with Gasteiger partial charge in [-0.15, -0.1) is 0 Å². The molecule has 2 heterocycles. The van der Waals surface area contributed by atoms with E-state index in [0.717, 1.165) is 21.2 Å². The van der Waals surface area contributed by atoms with Crippen molar-refractivity contribution in [2.75, 3.05) is 0 Å². The summed E-state index contributed by atoms with van der Waals surface area (Å²) < 4.78 is 2.68. The molecule has 0 amide bonds.